The molecule has 0 aliphatic carbocycles. The lowest BCUT2D eigenvalue weighted by Crippen LogP contribution is -1.98. The van der Waals surface area contributed by atoms with Gasteiger partial charge in [-0.05, 0) is 84.9 Å². The highest BCUT2D eigenvalue weighted by Crippen LogP contribution is 2.41. The summed E-state index contributed by atoms with van der Waals surface area (Å²) in [6, 6.07) is 68.6. The second-order valence-electron chi connectivity index (χ2n) is 14.1. The molecule has 0 aliphatic heterocycles. The molecule has 9 aromatic carbocycles. The summed E-state index contributed by atoms with van der Waals surface area (Å²) in [5.41, 5.74) is 11.2. The van der Waals surface area contributed by atoms with E-state index in [-0.39, 0.29) is 0 Å². The quantitative estimate of drug-likeness (QED) is 0.133. The smallest absolute Gasteiger partial charge is 0.161 e. The van der Waals surface area contributed by atoms with Gasteiger partial charge in [0.25, 0.3) is 0 Å². The van der Waals surface area contributed by atoms with E-state index in [2.05, 4.69) is 176 Å². The third-order valence-electron chi connectivity index (χ3n) is 10.9. The highest BCUT2D eigenvalue weighted by atomic mass is 16.3. The van der Waals surface area contributed by atoms with Crippen molar-refractivity contribution in [3.63, 3.8) is 0 Å². The number of benzene rings is 9. The van der Waals surface area contributed by atoms with Gasteiger partial charge in [0.15, 0.2) is 5.82 Å². The van der Waals surface area contributed by atoms with Crippen LogP contribution in [0.4, 0.5) is 0 Å². The molecule has 256 valence electrons. The molecule has 3 nitrogen and oxygen atoms in total. The van der Waals surface area contributed by atoms with Gasteiger partial charge in [0, 0.05) is 27.5 Å². The lowest BCUT2D eigenvalue weighted by Gasteiger charge is -2.15. The topological polar surface area (TPSA) is 38.9 Å². The van der Waals surface area contributed by atoms with E-state index < -0.39 is 0 Å². The first kappa shape index (κ1) is 31.2. The van der Waals surface area contributed by atoms with Gasteiger partial charge >= 0.3 is 0 Å². The van der Waals surface area contributed by atoms with Crippen LogP contribution in [0.25, 0.3) is 110 Å². The monoisotopic (exact) mass is 700 g/mol. The Morgan fingerprint density at radius 1 is 0.327 bits per heavy atom. The van der Waals surface area contributed by atoms with Gasteiger partial charge < -0.3 is 4.42 Å². The molecule has 0 saturated carbocycles. The van der Waals surface area contributed by atoms with Crippen molar-refractivity contribution in [2.75, 3.05) is 0 Å². The normalized spacial score (nSPS) is 11.6. The summed E-state index contributed by atoms with van der Waals surface area (Å²) in [6.07, 6.45) is 0. The third kappa shape index (κ3) is 5.28. The van der Waals surface area contributed by atoms with E-state index in [1.807, 2.05) is 18.2 Å². The van der Waals surface area contributed by atoms with Crippen molar-refractivity contribution in [3.8, 4) is 56.2 Å². The molecule has 0 aliphatic rings. The maximum Gasteiger partial charge on any atom is 0.161 e. The van der Waals surface area contributed by atoms with Crippen molar-refractivity contribution in [1.82, 2.24) is 9.97 Å². The molecule has 0 fully saturated rings. The molecule has 2 aromatic heterocycles. The summed E-state index contributed by atoms with van der Waals surface area (Å²) >= 11 is 0. The Labute approximate surface area is 317 Å². The molecule has 3 heteroatoms. The van der Waals surface area contributed by atoms with Gasteiger partial charge in [-0.2, -0.15) is 0 Å². The molecule has 0 atom stereocenters. The molecule has 0 bridgehead atoms. The second-order valence-corrected chi connectivity index (χ2v) is 14.1. The molecular formula is C52H32N2O. The van der Waals surface area contributed by atoms with Crippen LogP contribution in [-0.4, -0.2) is 9.97 Å². The number of nitrogens with zero attached hydrogens (tertiary/aromatic N) is 2. The Morgan fingerprint density at radius 3 is 1.80 bits per heavy atom. The minimum absolute atomic E-state index is 0.699. The van der Waals surface area contributed by atoms with Crippen LogP contribution in [0.2, 0.25) is 0 Å². The number of furan rings is 1. The fraction of sp³-hybridized carbons (Fsp3) is 0. The van der Waals surface area contributed by atoms with E-state index in [1.54, 1.807) is 0 Å². The molecule has 11 aromatic rings. The van der Waals surface area contributed by atoms with Crippen LogP contribution in [0.15, 0.2) is 199 Å². The van der Waals surface area contributed by atoms with E-state index >= 15 is 0 Å². The Morgan fingerprint density at radius 2 is 0.945 bits per heavy atom. The fourth-order valence-corrected chi connectivity index (χ4v) is 8.24. The van der Waals surface area contributed by atoms with Crippen molar-refractivity contribution in [1.29, 1.82) is 0 Å². The molecular weight excluding hydrogens is 669 g/mol. The summed E-state index contributed by atoms with van der Waals surface area (Å²) in [5.74, 6) is 0.699. The average Bonchev–Trinajstić information content (AvgIpc) is 3.65. The Balaban J connectivity index is 1.15. The van der Waals surface area contributed by atoms with E-state index in [9.17, 15) is 0 Å². The molecule has 0 spiro atoms. The SMILES string of the molecule is c1ccc(-c2ccc(-c3cc(-c4cccc(-c5cccc6oc7ccccc7c56)c4)nc(-c4c5ccccc5cc5c4ccc4ccccc45)n3)cc2)cc1. The lowest BCUT2D eigenvalue weighted by atomic mass is 9.92. The zero-order chi connectivity index (χ0) is 36.3. The lowest BCUT2D eigenvalue weighted by molar-refractivity contribution is 0.669. The zero-order valence-electron chi connectivity index (χ0n) is 29.8. The minimum Gasteiger partial charge on any atom is -0.456 e. The Bertz CT molecular complexity index is 3250. The number of rotatable bonds is 5. The Hall–Kier alpha value is -7.36. The van der Waals surface area contributed by atoms with Gasteiger partial charge in [-0.1, -0.05) is 164 Å². The Kier molecular flexibility index (Phi) is 7.17. The number of hydrogen-bond donors (Lipinski definition) is 0. The van der Waals surface area contributed by atoms with Gasteiger partial charge in [-0.25, -0.2) is 9.97 Å². The van der Waals surface area contributed by atoms with Crippen molar-refractivity contribution in [2.24, 2.45) is 0 Å². The molecule has 0 amide bonds. The molecule has 0 N–H and O–H groups in total. The van der Waals surface area contributed by atoms with Crippen LogP contribution in [-0.2, 0) is 0 Å². The maximum absolute atomic E-state index is 6.27. The molecule has 2 heterocycles. The number of aromatic nitrogens is 2. The van der Waals surface area contributed by atoms with Gasteiger partial charge in [0.2, 0.25) is 0 Å². The van der Waals surface area contributed by atoms with Gasteiger partial charge in [-0.3, -0.25) is 0 Å². The average molecular weight is 701 g/mol. The highest BCUT2D eigenvalue weighted by molar-refractivity contribution is 6.19. The van der Waals surface area contributed by atoms with Crippen molar-refractivity contribution in [3.05, 3.63) is 194 Å². The van der Waals surface area contributed by atoms with E-state index in [0.29, 0.717) is 5.82 Å². The minimum atomic E-state index is 0.699. The number of para-hydroxylation sites is 1. The summed E-state index contributed by atoms with van der Waals surface area (Å²) in [5, 5.41) is 9.26. The predicted octanol–water partition coefficient (Wildman–Crippen LogP) is 14.2. The summed E-state index contributed by atoms with van der Waals surface area (Å²) in [6.45, 7) is 0. The maximum atomic E-state index is 6.27. The van der Waals surface area contributed by atoms with Crippen LogP contribution in [0.5, 0.6) is 0 Å². The van der Waals surface area contributed by atoms with Gasteiger partial charge in [-0.15, -0.1) is 0 Å². The highest BCUT2D eigenvalue weighted by Gasteiger charge is 2.19. The predicted molar refractivity (Wildman–Crippen MR) is 229 cm³/mol. The summed E-state index contributed by atoms with van der Waals surface area (Å²) in [7, 11) is 0. The van der Waals surface area contributed by atoms with E-state index in [1.165, 1.54) is 27.3 Å². The largest absolute Gasteiger partial charge is 0.456 e. The second kappa shape index (κ2) is 12.6. The van der Waals surface area contributed by atoms with Crippen LogP contribution in [0.1, 0.15) is 0 Å². The molecule has 0 saturated heterocycles. The standard InChI is InChI=1S/C52H32N2O/c1-2-12-33(13-3-1)34-24-26-36(27-25-34)46-32-47(39-17-10-16-37(30-39)41-21-11-23-49-50(41)44-20-8-9-22-48(44)55-49)54-52(53-46)51-42-19-7-5-15-38(42)31-45-40-18-6-4-14-35(40)28-29-43(45)51/h1-32H. The van der Waals surface area contributed by atoms with E-state index in [0.717, 1.165) is 77.3 Å². The van der Waals surface area contributed by atoms with Gasteiger partial charge in [0.1, 0.15) is 11.2 Å². The fourth-order valence-electron chi connectivity index (χ4n) is 8.24. The van der Waals surface area contributed by atoms with Crippen molar-refractivity contribution in [2.45, 2.75) is 0 Å². The van der Waals surface area contributed by atoms with E-state index in [4.69, 9.17) is 14.4 Å². The van der Waals surface area contributed by atoms with Crippen LogP contribution in [0, 0.1) is 0 Å². The third-order valence-corrected chi connectivity index (χ3v) is 10.9. The van der Waals surface area contributed by atoms with Crippen LogP contribution >= 0.6 is 0 Å². The first-order valence-corrected chi connectivity index (χ1v) is 18.6. The van der Waals surface area contributed by atoms with Crippen molar-refractivity contribution >= 4 is 54.3 Å². The van der Waals surface area contributed by atoms with Crippen LogP contribution < -0.4 is 0 Å². The molecule has 55 heavy (non-hydrogen) atoms. The van der Waals surface area contributed by atoms with Crippen LogP contribution in [0.3, 0.4) is 0 Å². The number of hydrogen-bond acceptors (Lipinski definition) is 3. The van der Waals surface area contributed by atoms with Crippen molar-refractivity contribution < 1.29 is 4.42 Å². The summed E-state index contributed by atoms with van der Waals surface area (Å²) in [4.78, 5) is 10.9. The molecule has 0 unspecified atom stereocenters. The number of fused-ring (bicyclic) bond motifs is 7. The first-order chi connectivity index (χ1) is 27.2. The molecule has 0 radical (unpaired) electrons. The summed E-state index contributed by atoms with van der Waals surface area (Å²) < 4.78 is 6.27. The van der Waals surface area contributed by atoms with Gasteiger partial charge in [0.05, 0.1) is 11.4 Å². The molecule has 11 rings (SSSR count). The zero-order valence-corrected chi connectivity index (χ0v) is 29.8. The first-order valence-electron chi connectivity index (χ1n) is 18.6.